The first-order valence-corrected chi connectivity index (χ1v) is 9.01. The van der Waals surface area contributed by atoms with Gasteiger partial charge in [-0.2, -0.15) is 0 Å². The predicted octanol–water partition coefficient (Wildman–Crippen LogP) is 4.57. The maximum atomic E-state index is 6.04. The van der Waals surface area contributed by atoms with Crippen molar-refractivity contribution in [3.05, 3.63) is 89.7 Å². The van der Waals surface area contributed by atoms with Crippen LogP contribution in [-0.2, 0) is 17.7 Å². The van der Waals surface area contributed by atoms with Gasteiger partial charge in [0.25, 0.3) is 0 Å². The van der Waals surface area contributed by atoms with E-state index in [1.807, 2.05) is 0 Å². The lowest BCUT2D eigenvalue weighted by Gasteiger charge is -2.22. The summed E-state index contributed by atoms with van der Waals surface area (Å²) in [5.74, 6) is 0. The van der Waals surface area contributed by atoms with Crippen molar-refractivity contribution in [2.45, 2.75) is 26.1 Å². The molecule has 4 rings (SSSR count). The Bertz CT molecular complexity index is 825. The van der Waals surface area contributed by atoms with Gasteiger partial charge in [-0.25, -0.2) is 0 Å². The fraction of sp³-hybridized carbons (Fsp3) is 0.273. The summed E-state index contributed by atoms with van der Waals surface area (Å²) in [5.41, 5.74) is 5.16. The monoisotopic (exact) mass is 332 g/mol. The molecule has 3 nitrogen and oxygen atoms in total. The highest BCUT2D eigenvalue weighted by Crippen LogP contribution is 2.29. The number of ether oxygens (including phenoxy) is 1. The smallest absolute Gasteiger partial charge is 0.138 e. The quantitative estimate of drug-likeness (QED) is 0.681. The van der Waals surface area contributed by atoms with Gasteiger partial charge in [-0.3, -0.25) is 4.90 Å². The number of hydrogen-bond donors (Lipinski definition) is 0. The lowest BCUT2D eigenvalue weighted by molar-refractivity contribution is 0.0288. The number of aryl methyl sites for hydroxylation is 1. The van der Waals surface area contributed by atoms with Crippen molar-refractivity contribution in [3.63, 3.8) is 0 Å². The maximum Gasteiger partial charge on any atom is 0.138 e. The van der Waals surface area contributed by atoms with Crippen molar-refractivity contribution in [1.82, 2.24) is 9.47 Å². The molecule has 2 heterocycles. The Morgan fingerprint density at radius 1 is 1.00 bits per heavy atom. The first-order chi connectivity index (χ1) is 12.3. The zero-order chi connectivity index (χ0) is 17.1. The Labute approximate surface area is 149 Å². The van der Waals surface area contributed by atoms with Crippen LogP contribution in [0.2, 0.25) is 0 Å². The highest BCUT2D eigenvalue weighted by molar-refractivity contribution is 5.42. The maximum absolute atomic E-state index is 6.04. The van der Waals surface area contributed by atoms with Crippen LogP contribution in [0.15, 0.2) is 73.1 Å². The van der Waals surface area contributed by atoms with Gasteiger partial charge in [0.1, 0.15) is 6.23 Å². The molecule has 3 heteroatoms. The van der Waals surface area contributed by atoms with E-state index in [0.29, 0.717) is 0 Å². The molecule has 0 amide bonds. The first kappa shape index (κ1) is 16.1. The van der Waals surface area contributed by atoms with Gasteiger partial charge in [0.2, 0.25) is 0 Å². The minimum absolute atomic E-state index is 0.0373. The van der Waals surface area contributed by atoms with E-state index in [1.165, 1.54) is 22.4 Å². The third-order valence-corrected chi connectivity index (χ3v) is 4.87. The molecule has 1 fully saturated rings. The van der Waals surface area contributed by atoms with Crippen LogP contribution in [0, 0.1) is 0 Å². The largest absolute Gasteiger partial charge is 0.357 e. The average Bonchev–Trinajstić information content (AvgIpc) is 3.31. The highest BCUT2D eigenvalue weighted by atomic mass is 16.5. The summed E-state index contributed by atoms with van der Waals surface area (Å²) in [6.07, 6.45) is 5.42. The van der Waals surface area contributed by atoms with Gasteiger partial charge in [-0.1, -0.05) is 55.5 Å². The molecule has 0 N–H and O–H groups in total. The molecule has 1 aliphatic heterocycles. The third kappa shape index (κ3) is 3.39. The summed E-state index contributed by atoms with van der Waals surface area (Å²) in [6, 6.07) is 21.4. The van der Waals surface area contributed by atoms with Gasteiger partial charge in [-0.15, -0.1) is 0 Å². The van der Waals surface area contributed by atoms with E-state index in [-0.39, 0.29) is 6.23 Å². The summed E-state index contributed by atoms with van der Waals surface area (Å²) in [5, 5.41) is 0. The number of rotatable bonds is 5. The van der Waals surface area contributed by atoms with Gasteiger partial charge >= 0.3 is 0 Å². The van der Waals surface area contributed by atoms with Crippen molar-refractivity contribution >= 4 is 0 Å². The fourth-order valence-corrected chi connectivity index (χ4v) is 3.56. The molecule has 25 heavy (non-hydrogen) atoms. The Balaban J connectivity index is 1.56. The van der Waals surface area contributed by atoms with E-state index in [4.69, 9.17) is 4.74 Å². The van der Waals surface area contributed by atoms with Crippen LogP contribution in [0.3, 0.4) is 0 Å². The molecule has 1 saturated heterocycles. The van der Waals surface area contributed by atoms with Crippen LogP contribution in [-0.4, -0.2) is 22.6 Å². The van der Waals surface area contributed by atoms with Crippen molar-refractivity contribution < 1.29 is 4.74 Å². The van der Waals surface area contributed by atoms with E-state index in [2.05, 4.69) is 89.4 Å². The van der Waals surface area contributed by atoms with Gasteiger partial charge in [0, 0.05) is 36.7 Å². The Morgan fingerprint density at radius 3 is 2.64 bits per heavy atom. The molecule has 3 aromatic rings. The molecule has 0 aliphatic carbocycles. The van der Waals surface area contributed by atoms with Crippen LogP contribution >= 0.6 is 0 Å². The number of aromatic nitrogens is 1. The molecule has 0 unspecified atom stereocenters. The highest BCUT2D eigenvalue weighted by Gasteiger charge is 2.27. The van der Waals surface area contributed by atoms with Crippen LogP contribution < -0.4 is 0 Å². The van der Waals surface area contributed by atoms with Crippen molar-refractivity contribution in [2.75, 3.05) is 13.2 Å². The zero-order valence-electron chi connectivity index (χ0n) is 14.6. The van der Waals surface area contributed by atoms with E-state index < -0.39 is 0 Å². The van der Waals surface area contributed by atoms with Crippen molar-refractivity contribution in [1.29, 1.82) is 0 Å². The van der Waals surface area contributed by atoms with Gasteiger partial charge in [0.05, 0.1) is 6.61 Å². The molecular formula is C22H24N2O. The normalized spacial score (nSPS) is 17.9. The number of nitrogens with zero attached hydrogens (tertiary/aromatic N) is 2. The Kier molecular flexibility index (Phi) is 4.68. The Hall–Kier alpha value is -2.36. The minimum atomic E-state index is 0.0373. The van der Waals surface area contributed by atoms with Gasteiger partial charge in [-0.05, 0) is 29.7 Å². The van der Waals surface area contributed by atoms with Crippen LogP contribution in [0.5, 0.6) is 0 Å². The molecule has 1 atom stereocenters. The second-order valence-electron chi connectivity index (χ2n) is 6.51. The second kappa shape index (κ2) is 7.26. The Morgan fingerprint density at radius 2 is 1.80 bits per heavy atom. The lowest BCUT2D eigenvalue weighted by atomic mass is 10.1. The molecule has 128 valence electrons. The SMILES string of the molecule is CCc1ccccc1-n1ccc([C@@H]2OCCN2Cc2ccccc2)c1. The van der Waals surface area contributed by atoms with Gasteiger partial charge < -0.3 is 9.30 Å². The third-order valence-electron chi connectivity index (χ3n) is 4.87. The van der Waals surface area contributed by atoms with Crippen molar-refractivity contribution in [2.24, 2.45) is 0 Å². The van der Waals surface area contributed by atoms with E-state index in [1.54, 1.807) is 0 Å². The molecule has 0 spiro atoms. The second-order valence-corrected chi connectivity index (χ2v) is 6.51. The van der Waals surface area contributed by atoms with E-state index >= 15 is 0 Å². The summed E-state index contributed by atoms with van der Waals surface area (Å²) in [7, 11) is 0. The molecular weight excluding hydrogens is 308 g/mol. The summed E-state index contributed by atoms with van der Waals surface area (Å²) >= 11 is 0. The summed E-state index contributed by atoms with van der Waals surface area (Å²) in [6.45, 7) is 4.87. The zero-order valence-corrected chi connectivity index (χ0v) is 14.6. The average molecular weight is 332 g/mol. The van der Waals surface area contributed by atoms with Gasteiger partial charge in [0.15, 0.2) is 0 Å². The van der Waals surface area contributed by atoms with E-state index in [0.717, 1.165) is 26.1 Å². The standard InChI is InChI=1S/C22H24N2O/c1-2-19-10-6-7-11-21(19)23-13-12-20(17-23)22-24(14-15-25-22)16-18-8-4-3-5-9-18/h3-13,17,22H,2,14-16H2,1H3/t22-/m0/s1. The van der Waals surface area contributed by atoms with Crippen LogP contribution in [0.25, 0.3) is 5.69 Å². The van der Waals surface area contributed by atoms with Crippen LogP contribution in [0.4, 0.5) is 0 Å². The number of para-hydroxylation sites is 1. The summed E-state index contributed by atoms with van der Waals surface area (Å²) < 4.78 is 8.26. The molecule has 0 radical (unpaired) electrons. The molecule has 2 aromatic carbocycles. The molecule has 1 aliphatic rings. The molecule has 1 aromatic heterocycles. The van der Waals surface area contributed by atoms with E-state index in [9.17, 15) is 0 Å². The topological polar surface area (TPSA) is 17.4 Å². The van der Waals surface area contributed by atoms with Crippen LogP contribution in [0.1, 0.15) is 29.8 Å². The lowest BCUT2D eigenvalue weighted by Crippen LogP contribution is -2.23. The molecule has 0 saturated carbocycles. The molecule has 0 bridgehead atoms. The minimum Gasteiger partial charge on any atom is -0.357 e. The fourth-order valence-electron chi connectivity index (χ4n) is 3.56. The number of hydrogen-bond acceptors (Lipinski definition) is 2. The van der Waals surface area contributed by atoms with Crippen molar-refractivity contribution in [3.8, 4) is 5.69 Å². The predicted molar refractivity (Wildman–Crippen MR) is 101 cm³/mol. The number of benzene rings is 2. The first-order valence-electron chi connectivity index (χ1n) is 9.01. The summed E-state index contributed by atoms with van der Waals surface area (Å²) in [4.78, 5) is 2.40.